The van der Waals surface area contributed by atoms with E-state index in [0.717, 1.165) is 22.3 Å². The van der Waals surface area contributed by atoms with E-state index in [9.17, 15) is 4.39 Å². The summed E-state index contributed by atoms with van der Waals surface area (Å²) in [6.07, 6.45) is 0. The summed E-state index contributed by atoms with van der Waals surface area (Å²) in [6, 6.07) is 21.6. The van der Waals surface area contributed by atoms with Gasteiger partial charge in [0.1, 0.15) is 18.2 Å². The zero-order chi connectivity index (χ0) is 18.6. The van der Waals surface area contributed by atoms with Gasteiger partial charge in [0.2, 0.25) is 5.82 Å². The van der Waals surface area contributed by atoms with Gasteiger partial charge < -0.3 is 9.26 Å². The van der Waals surface area contributed by atoms with Crippen molar-refractivity contribution in [2.45, 2.75) is 13.5 Å². The van der Waals surface area contributed by atoms with Crippen LogP contribution < -0.4 is 4.74 Å². The average Bonchev–Trinajstić information content (AvgIpc) is 3.17. The van der Waals surface area contributed by atoms with Crippen molar-refractivity contribution < 1.29 is 13.7 Å². The number of hydrogen-bond acceptors (Lipinski definition) is 4. The van der Waals surface area contributed by atoms with Crippen molar-refractivity contribution in [2.24, 2.45) is 0 Å². The fourth-order valence-corrected chi connectivity index (χ4v) is 2.78. The smallest absolute Gasteiger partial charge is 0.258 e. The molecule has 0 spiro atoms. The number of aryl methyl sites for hydroxylation is 1. The van der Waals surface area contributed by atoms with E-state index in [4.69, 9.17) is 9.26 Å². The number of hydrogen-bond donors (Lipinski definition) is 0. The highest BCUT2D eigenvalue weighted by Crippen LogP contribution is 2.26. The molecule has 0 fully saturated rings. The molecule has 0 amide bonds. The van der Waals surface area contributed by atoms with Crippen LogP contribution in [-0.4, -0.2) is 10.1 Å². The summed E-state index contributed by atoms with van der Waals surface area (Å²) in [5, 5.41) is 4.08. The Bertz CT molecular complexity index is 1080. The normalized spacial score (nSPS) is 10.7. The van der Waals surface area contributed by atoms with Crippen LogP contribution in [0, 0.1) is 12.7 Å². The molecule has 0 unspecified atom stereocenters. The van der Waals surface area contributed by atoms with Gasteiger partial charge in [-0.2, -0.15) is 4.98 Å². The van der Waals surface area contributed by atoms with Gasteiger partial charge in [0.15, 0.2) is 0 Å². The van der Waals surface area contributed by atoms with E-state index in [0.29, 0.717) is 17.5 Å². The van der Waals surface area contributed by atoms with E-state index < -0.39 is 0 Å². The predicted octanol–water partition coefficient (Wildman–Crippen LogP) is 5.43. The molecule has 0 atom stereocenters. The van der Waals surface area contributed by atoms with Crippen LogP contribution in [0.1, 0.15) is 11.1 Å². The van der Waals surface area contributed by atoms with Crippen LogP contribution in [0.3, 0.4) is 0 Å². The summed E-state index contributed by atoms with van der Waals surface area (Å²) >= 11 is 0. The maximum Gasteiger partial charge on any atom is 0.258 e. The Kier molecular flexibility index (Phi) is 4.66. The molecule has 4 rings (SSSR count). The molecule has 0 aliphatic carbocycles. The average molecular weight is 360 g/mol. The molecular weight excluding hydrogens is 343 g/mol. The molecule has 3 aromatic carbocycles. The number of benzene rings is 3. The Morgan fingerprint density at radius 2 is 1.81 bits per heavy atom. The van der Waals surface area contributed by atoms with Gasteiger partial charge in [0.25, 0.3) is 5.89 Å². The van der Waals surface area contributed by atoms with Gasteiger partial charge in [-0.05, 0) is 48.4 Å². The molecule has 5 heteroatoms. The lowest BCUT2D eigenvalue weighted by molar-refractivity contribution is 0.305. The number of ether oxygens (including phenoxy) is 1. The summed E-state index contributed by atoms with van der Waals surface area (Å²) < 4.78 is 24.5. The molecule has 0 saturated heterocycles. The first kappa shape index (κ1) is 17.0. The fourth-order valence-electron chi connectivity index (χ4n) is 2.78. The van der Waals surface area contributed by atoms with Gasteiger partial charge in [-0.3, -0.25) is 0 Å². The lowest BCUT2D eigenvalue weighted by Gasteiger charge is -2.07. The Morgan fingerprint density at radius 3 is 2.67 bits per heavy atom. The summed E-state index contributed by atoms with van der Waals surface area (Å²) in [5.41, 5.74) is 3.53. The monoisotopic (exact) mass is 360 g/mol. The van der Waals surface area contributed by atoms with E-state index in [1.165, 1.54) is 12.1 Å². The third-order valence-electron chi connectivity index (χ3n) is 4.19. The van der Waals surface area contributed by atoms with E-state index in [1.54, 1.807) is 6.07 Å². The van der Waals surface area contributed by atoms with Gasteiger partial charge in [-0.15, -0.1) is 0 Å². The van der Waals surface area contributed by atoms with E-state index in [1.807, 2.05) is 61.5 Å². The van der Waals surface area contributed by atoms with E-state index in [-0.39, 0.29) is 12.4 Å². The first-order valence-corrected chi connectivity index (χ1v) is 8.56. The Morgan fingerprint density at radius 1 is 0.963 bits per heavy atom. The van der Waals surface area contributed by atoms with Crippen molar-refractivity contribution in [1.29, 1.82) is 0 Å². The van der Waals surface area contributed by atoms with Gasteiger partial charge in [0, 0.05) is 11.1 Å². The molecular formula is C22H17FN2O2. The first-order valence-electron chi connectivity index (χ1n) is 8.56. The molecule has 0 aliphatic heterocycles. The quantitative estimate of drug-likeness (QED) is 0.476. The zero-order valence-electron chi connectivity index (χ0n) is 14.7. The van der Waals surface area contributed by atoms with Crippen LogP contribution in [0.4, 0.5) is 4.39 Å². The SMILES string of the molecule is Cc1ccccc1-c1nc(-c2cccc(OCc3cccc(F)c3)c2)no1. The molecule has 4 nitrogen and oxygen atoms in total. The summed E-state index contributed by atoms with van der Waals surface area (Å²) in [5.74, 6) is 1.35. The lowest BCUT2D eigenvalue weighted by Crippen LogP contribution is -1.96. The molecule has 0 saturated carbocycles. The summed E-state index contributed by atoms with van der Waals surface area (Å²) in [4.78, 5) is 4.50. The van der Waals surface area contributed by atoms with Crippen LogP contribution in [-0.2, 0) is 6.61 Å². The maximum atomic E-state index is 13.3. The number of aromatic nitrogens is 2. The highest BCUT2D eigenvalue weighted by Gasteiger charge is 2.12. The summed E-state index contributed by atoms with van der Waals surface area (Å²) in [6.45, 7) is 2.28. The number of nitrogens with zero attached hydrogens (tertiary/aromatic N) is 2. The molecule has 0 aliphatic rings. The van der Waals surface area contributed by atoms with Crippen molar-refractivity contribution in [2.75, 3.05) is 0 Å². The fraction of sp³-hybridized carbons (Fsp3) is 0.0909. The third kappa shape index (κ3) is 3.87. The highest BCUT2D eigenvalue weighted by molar-refractivity contribution is 5.63. The van der Waals surface area contributed by atoms with Gasteiger partial charge >= 0.3 is 0 Å². The van der Waals surface area contributed by atoms with Crippen LogP contribution >= 0.6 is 0 Å². The van der Waals surface area contributed by atoms with E-state index >= 15 is 0 Å². The van der Waals surface area contributed by atoms with Crippen molar-refractivity contribution >= 4 is 0 Å². The van der Waals surface area contributed by atoms with Crippen LogP contribution in [0.2, 0.25) is 0 Å². The Hall–Kier alpha value is -3.47. The molecule has 4 aromatic rings. The Labute approximate surface area is 156 Å². The summed E-state index contributed by atoms with van der Waals surface area (Å²) in [7, 11) is 0. The van der Waals surface area contributed by atoms with Crippen molar-refractivity contribution in [3.63, 3.8) is 0 Å². The minimum Gasteiger partial charge on any atom is -0.489 e. The second-order valence-corrected chi connectivity index (χ2v) is 6.18. The van der Waals surface area contributed by atoms with Crippen molar-refractivity contribution in [3.05, 3.63) is 89.7 Å². The molecule has 27 heavy (non-hydrogen) atoms. The van der Waals surface area contributed by atoms with Gasteiger partial charge in [-0.25, -0.2) is 4.39 Å². The molecule has 0 radical (unpaired) electrons. The van der Waals surface area contributed by atoms with E-state index in [2.05, 4.69) is 10.1 Å². The standard InChI is InChI=1S/C22H17FN2O2/c1-15-6-2-3-11-20(15)22-24-21(25-27-22)17-8-5-10-19(13-17)26-14-16-7-4-9-18(23)12-16/h2-13H,14H2,1H3. The van der Waals surface area contributed by atoms with Crippen LogP contribution in [0.25, 0.3) is 22.8 Å². The maximum absolute atomic E-state index is 13.3. The lowest BCUT2D eigenvalue weighted by atomic mass is 10.1. The molecule has 0 bridgehead atoms. The number of halogens is 1. The largest absolute Gasteiger partial charge is 0.489 e. The number of rotatable bonds is 5. The van der Waals surface area contributed by atoms with Gasteiger partial charge in [-0.1, -0.05) is 47.6 Å². The van der Waals surface area contributed by atoms with Crippen molar-refractivity contribution in [1.82, 2.24) is 10.1 Å². The molecule has 1 aromatic heterocycles. The second-order valence-electron chi connectivity index (χ2n) is 6.18. The predicted molar refractivity (Wildman–Crippen MR) is 101 cm³/mol. The minimum atomic E-state index is -0.277. The minimum absolute atomic E-state index is 0.277. The van der Waals surface area contributed by atoms with Gasteiger partial charge in [0.05, 0.1) is 0 Å². The molecule has 134 valence electrons. The van der Waals surface area contributed by atoms with Crippen LogP contribution in [0.5, 0.6) is 5.75 Å². The highest BCUT2D eigenvalue weighted by atomic mass is 19.1. The second kappa shape index (κ2) is 7.41. The topological polar surface area (TPSA) is 48.2 Å². The third-order valence-corrected chi connectivity index (χ3v) is 4.19. The van der Waals surface area contributed by atoms with Crippen molar-refractivity contribution in [3.8, 4) is 28.6 Å². The molecule has 0 N–H and O–H groups in total. The molecule has 1 heterocycles. The van der Waals surface area contributed by atoms with Crippen LogP contribution in [0.15, 0.2) is 77.3 Å². The first-order chi connectivity index (χ1) is 13.2. The zero-order valence-corrected chi connectivity index (χ0v) is 14.7. The Balaban J connectivity index is 1.53.